The number of hydrogen-bond acceptors (Lipinski definition) is 8. The molecule has 30 heavy (non-hydrogen) atoms. The number of hydrogen-bond donors (Lipinski definition) is 1. The Labute approximate surface area is 176 Å². The van der Waals surface area contributed by atoms with Gasteiger partial charge in [-0.25, -0.2) is 23.4 Å². The van der Waals surface area contributed by atoms with Gasteiger partial charge in [0.15, 0.2) is 0 Å². The van der Waals surface area contributed by atoms with Crippen LogP contribution in [-0.2, 0) is 10.0 Å². The summed E-state index contributed by atoms with van der Waals surface area (Å²) in [6, 6.07) is 7.54. The van der Waals surface area contributed by atoms with Crippen molar-refractivity contribution < 1.29 is 13.2 Å². The van der Waals surface area contributed by atoms with Crippen molar-refractivity contribution in [2.24, 2.45) is 0 Å². The van der Waals surface area contributed by atoms with Crippen LogP contribution in [0.25, 0.3) is 22.0 Å². The van der Waals surface area contributed by atoms with E-state index in [4.69, 9.17) is 4.74 Å². The van der Waals surface area contributed by atoms with E-state index in [9.17, 15) is 8.42 Å². The first-order chi connectivity index (χ1) is 14.2. The highest BCUT2D eigenvalue weighted by Gasteiger charge is 2.14. The van der Waals surface area contributed by atoms with Gasteiger partial charge >= 0.3 is 0 Å². The standard InChI is InChI=1S/C20H26N6O3S/c1-25(2)8-9-26(3)19-16-10-14(6-7-17(16)22-13-23-19)15-11-18(24-30(5,27)28)20(29-4)21-12-15/h6-7,10-13,24H,8-9H2,1-5H3. The zero-order valence-electron chi connectivity index (χ0n) is 17.7. The topological polar surface area (TPSA) is 101 Å². The predicted molar refractivity (Wildman–Crippen MR) is 120 cm³/mol. The van der Waals surface area contributed by atoms with E-state index in [0.29, 0.717) is 0 Å². The highest BCUT2D eigenvalue weighted by Crippen LogP contribution is 2.32. The van der Waals surface area contributed by atoms with Crippen molar-refractivity contribution in [3.8, 4) is 17.0 Å². The molecular formula is C20H26N6O3S. The predicted octanol–water partition coefficient (Wildman–Crippen LogP) is 2.07. The van der Waals surface area contributed by atoms with Gasteiger partial charge < -0.3 is 14.5 Å². The van der Waals surface area contributed by atoms with Crippen LogP contribution in [0.5, 0.6) is 5.88 Å². The molecule has 0 aliphatic rings. The van der Waals surface area contributed by atoms with Crippen molar-refractivity contribution in [2.75, 3.05) is 57.2 Å². The molecule has 0 unspecified atom stereocenters. The lowest BCUT2D eigenvalue weighted by molar-refractivity contribution is 0.400. The molecule has 1 N–H and O–H groups in total. The molecule has 0 saturated carbocycles. The van der Waals surface area contributed by atoms with Crippen LogP contribution in [0.1, 0.15) is 0 Å². The minimum absolute atomic E-state index is 0.206. The summed E-state index contributed by atoms with van der Waals surface area (Å²) in [5.74, 6) is 1.04. The van der Waals surface area contributed by atoms with Crippen LogP contribution >= 0.6 is 0 Å². The number of methoxy groups -OCH3 is 1. The largest absolute Gasteiger partial charge is 0.480 e. The fourth-order valence-electron chi connectivity index (χ4n) is 3.03. The second-order valence-corrected chi connectivity index (χ2v) is 9.06. The van der Waals surface area contributed by atoms with E-state index in [1.54, 1.807) is 18.6 Å². The van der Waals surface area contributed by atoms with Crippen molar-refractivity contribution in [2.45, 2.75) is 0 Å². The summed E-state index contributed by atoms with van der Waals surface area (Å²) in [5, 5.41) is 0.907. The van der Waals surface area contributed by atoms with E-state index in [2.05, 4.69) is 29.5 Å². The zero-order valence-corrected chi connectivity index (χ0v) is 18.6. The van der Waals surface area contributed by atoms with Crippen molar-refractivity contribution in [1.82, 2.24) is 19.9 Å². The Kier molecular flexibility index (Phi) is 6.37. The lowest BCUT2D eigenvalue weighted by atomic mass is 10.0. The van der Waals surface area contributed by atoms with Gasteiger partial charge in [-0.15, -0.1) is 0 Å². The monoisotopic (exact) mass is 430 g/mol. The van der Waals surface area contributed by atoms with Gasteiger partial charge in [-0.1, -0.05) is 6.07 Å². The van der Waals surface area contributed by atoms with Crippen LogP contribution < -0.4 is 14.4 Å². The second-order valence-electron chi connectivity index (χ2n) is 7.31. The summed E-state index contributed by atoms with van der Waals surface area (Å²) < 4.78 is 31.0. The molecule has 2 heterocycles. The van der Waals surface area contributed by atoms with Gasteiger partial charge in [0.1, 0.15) is 17.8 Å². The second kappa shape index (κ2) is 8.80. The van der Waals surface area contributed by atoms with Crippen LogP contribution in [0.15, 0.2) is 36.8 Å². The SMILES string of the molecule is COc1ncc(-c2ccc3ncnc(N(C)CCN(C)C)c3c2)cc1NS(C)(=O)=O. The third-order valence-corrected chi connectivity index (χ3v) is 5.12. The van der Waals surface area contributed by atoms with Gasteiger partial charge in [-0.2, -0.15) is 0 Å². The minimum atomic E-state index is -3.48. The molecule has 0 spiro atoms. The van der Waals surface area contributed by atoms with Crippen LogP contribution in [0, 0.1) is 0 Å². The normalized spacial score (nSPS) is 11.7. The molecule has 0 aliphatic heterocycles. The average molecular weight is 431 g/mol. The number of aromatic nitrogens is 3. The third kappa shape index (κ3) is 5.14. The van der Waals surface area contributed by atoms with Gasteiger partial charge in [0.05, 0.1) is 18.9 Å². The number of rotatable bonds is 8. The first-order valence-electron chi connectivity index (χ1n) is 9.31. The molecule has 0 fully saturated rings. The van der Waals surface area contributed by atoms with Crippen LogP contribution in [0.4, 0.5) is 11.5 Å². The molecule has 3 rings (SSSR count). The highest BCUT2D eigenvalue weighted by atomic mass is 32.2. The maximum Gasteiger partial charge on any atom is 0.238 e. The van der Waals surface area contributed by atoms with Crippen LogP contribution in [0.3, 0.4) is 0 Å². The molecule has 0 amide bonds. The summed E-state index contributed by atoms with van der Waals surface area (Å²) in [6.07, 6.45) is 4.29. The molecule has 0 bridgehead atoms. The Bertz CT molecular complexity index is 1150. The molecule has 10 heteroatoms. The number of nitrogens with zero attached hydrogens (tertiary/aromatic N) is 5. The van der Waals surface area contributed by atoms with Crippen molar-refractivity contribution in [1.29, 1.82) is 0 Å². The Morgan fingerprint density at radius 3 is 2.47 bits per heavy atom. The Morgan fingerprint density at radius 2 is 1.80 bits per heavy atom. The third-order valence-electron chi connectivity index (χ3n) is 4.53. The summed E-state index contributed by atoms with van der Waals surface area (Å²) in [5.41, 5.74) is 2.72. The highest BCUT2D eigenvalue weighted by molar-refractivity contribution is 7.92. The van der Waals surface area contributed by atoms with E-state index < -0.39 is 10.0 Å². The smallest absolute Gasteiger partial charge is 0.238 e. The molecular weight excluding hydrogens is 404 g/mol. The first kappa shape index (κ1) is 21.7. The molecule has 2 aromatic heterocycles. The number of benzene rings is 1. The molecule has 1 aromatic carbocycles. The van der Waals surface area contributed by atoms with Gasteiger partial charge in [0.25, 0.3) is 0 Å². The fraction of sp³-hybridized carbons (Fsp3) is 0.350. The average Bonchev–Trinajstić information content (AvgIpc) is 2.70. The molecule has 3 aromatic rings. The number of anilines is 2. The van der Waals surface area contributed by atoms with E-state index >= 15 is 0 Å². The molecule has 0 saturated heterocycles. The fourth-order valence-corrected chi connectivity index (χ4v) is 3.57. The maximum atomic E-state index is 11.7. The summed E-state index contributed by atoms with van der Waals surface area (Å²) in [6.45, 7) is 1.71. The molecule has 0 radical (unpaired) electrons. The lowest BCUT2D eigenvalue weighted by Crippen LogP contribution is -2.29. The number of likely N-dealkylation sites (N-methyl/N-ethyl adjacent to an activating group) is 2. The van der Waals surface area contributed by atoms with Crippen LogP contribution in [-0.4, -0.2) is 75.9 Å². The Morgan fingerprint density at radius 1 is 1.03 bits per heavy atom. The first-order valence-corrected chi connectivity index (χ1v) is 11.2. The van der Waals surface area contributed by atoms with E-state index in [1.807, 2.05) is 39.3 Å². The van der Waals surface area contributed by atoms with E-state index in [-0.39, 0.29) is 11.6 Å². The number of sulfonamides is 1. The maximum absolute atomic E-state index is 11.7. The van der Waals surface area contributed by atoms with E-state index in [0.717, 1.165) is 47.2 Å². The quantitative estimate of drug-likeness (QED) is 0.580. The number of ether oxygens (including phenoxy) is 1. The summed E-state index contributed by atoms with van der Waals surface area (Å²) in [4.78, 5) is 17.3. The van der Waals surface area contributed by atoms with Crippen molar-refractivity contribution in [3.63, 3.8) is 0 Å². The minimum Gasteiger partial charge on any atom is -0.480 e. The molecule has 160 valence electrons. The summed E-state index contributed by atoms with van der Waals surface area (Å²) >= 11 is 0. The van der Waals surface area contributed by atoms with Gasteiger partial charge in [0, 0.05) is 37.3 Å². The Balaban J connectivity index is 2.05. The molecule has 9 nitrogen and oxygen atoms in total. The number of fused-ring (bicyclic) bond motifs is 1. The van der Waals surface area contributed by atoms with Gasteiger partial charge in [-0.3, -0.25) is 4.72 Å². The van der Waals surface area contributed by atoms with Crippen LogP contribution in [0.2, 0.25) is 0 Å². The molecule has 0 aliphatic carbocycles. The van der Waals surface area contributed by atoms with Gasteiger partial charge in [0.2, 0.25) is 15.9 Å². The number of pyridine rings is 1. The van der Waals surface area contributed by atoms with E-state index in [1.165, 1.54) is 7.11 Å². The van der Waals surface area contributed by atoms with Crippen molar-refractivity contribution >= 4 is 32.4 Å². The number of nitrogens with one attached hydrogen (secondary N) is 1. The lowest BCUT2D eigenvalue weighted by Gasteiger charge is -2.22. The van der Waals surface area contributed by atoms with Gasteiger partial charge in [-0.05, 0) is 37.9 Å². The zero-order chi connectivity index (χ0) is 21.9. The molecule has 0 atom stereocenters. The Hall–Kier alpha value is -2.98. The van der Waals surface area contributed by atoms with Crippen molar-refractivity contribution in [3.05, 3.63) is 36.8 Å². The summed E-state index contributed by atoms with van der Waals surface area (Å²) in [7, 11) is 4.03.